The molecule has 0 saturated heterocycles. The minimum Gasteiger partial charge on any atom is -0.256 e. The summed E-state index contributed by atoms with van der Waals surface area (Å²) in [5, 5.41) is 10.3. The summed E-state index contributed by atoms with van der Waals surface area (Å²) in [6, 6.07) is 60.6. The van der Waals surface area contributed by atoms with Gasteiger partial charge in [-0.2, -0.15) is 0 Å². The monoisotopic (exact) mass is 665 g/mol. The Labute approximate surface area is 305 Å². The van der Waals surface area contributed by atoms with Crippen LogP contribution in [0.2, 0.25) is 0 Å². The predicted molar refractivity (Wildman–Crippen MR) is 222 cm³/mol. The van der Waals surface area contributed by atoms with Crippen LogP contribution < -0.4 is 0 Å². The quantitative estimate of drug-likeness (QED) is 0.167. The molecule has 1 aliphatic rings. The Bertz CT molecular complexity index is 2720. The van der Waals surface area contributed by atoms with Crippen LogP contribution >= 0.6 is 0 Å². The highest BCUT2D eigenvalue weighted by Gasteiger charge is 2.22. The first-order chi connectivity index (χ1) is 25.8. The smallest absolute Gasteiger partial charge is 0.0786 e. The molecule has 1 saturated carbocycles. The van der Waals surface area contributed by atoms with Crippen molar-refractivity contribution in [2.24, 2.45) is 0 Å². The van der Waals surface area contributed by atoms with Crippen molar-refractivity contribution in [2.75, 3.05) is 0 Å². The lowest BCUT2D eigenvalue weighted by atomic mass is 9.79. The van der Waals surface area contributed by atoms with E-state index in [0.717, 1.165) is 22.4 Å². The Kier molecular flexibility index (Phi) is 7.64. The summed E-state index contributed by atoms with van der Waals surface area (Å²) in [5.41, 5.74) is 11.1. The molecule has 0 atom stereocenters. The molecule has 1 heteroatoms. The highest BCUT2D eigenvalue weighted by Crippen LogP contribution is 2.47. The number of rotatable bonds is 5. The Balaban J connectivity index is 1.19. The van der Waals surface area contributed by atoms with Crippen molar-refractivity contribution in [3.8, 4) is 44.6 Å². The molecule has 52 heavy (non-hydrogen) atoms. The number of hydrogen-bond donors (Lipinski definition) is 0. The van der Waals surface area contributed by atoms with Gasteiger partial charge in [-0.1, -0.05) is 171 Å². The molecule has 0 radical (unpaired) electrons. The lowest BCUT2D eigenvalue weighted by Gasteiger charge is -2.25. The second-order valence-electron chi connectivity index (χ2n) is 14.4. The van der Waals surface area contributed by atoms with Crippen LogP contribution in [0, 0.1) is 0 Å². The van der Waals surface area contributed by atoms with Crippen LogP contribution in [-0.2, 0) is 0 Å². The average Bonchev–Trinajstić information content (AvgIpc) is 3.22. The molecule has 1 aliphatic carbocycles. The van der Waals surface area contributed by atoms with E-state index in [2.05, 4.69) is 164 Å². The lowest BCUT2D eigenvalue weighted by Crippen LogP contribution is -2.05. The Morgan fingerprint density at radius 2 is 0.962 bits per heavy atom. The highest BCUT2D eigenvalue weighted by atomic mass is 14.7. The summed E-state index contributed by atoms with van der Waals surface area (Å²) in [4.78, 5) is 4.98. The molecule has 8 aromatic carbocycles. The molecule has 0 spiro atoms. The summed E-state index contributed by atoms with van der Waals surface area (Å²) in [5.74, 6) is 0.650. The zero-order chi connectivity index (χ0) is 34.4. The Hall–Kier alpha value is -6.05. The van der Waals surface area contributed by atoms with Gasteiger partial charge in [-0.25, -0.2) is 0 Å². The van der Waals surface area contributed by atoms with Crippen LogP contribution in [0.4, 0.5) is 0 Å². The van der Waals surface area contributed by atoms with Crippen molar-refractivity contribution < 1.29 is 0 Å². The van der Waals surface area contributed by atoms with E-state index in [9.17, 15) is 0 Å². The third-order valence-corrected chi connectivity index (χ3v) is 11.5. The molecule has 9 aromatic rings. The van der Waals surface area contributed by atoms with E-state index >= 15 is 0 Å². The van der Waals surface area contributed by atoms with Gasteiger partial charge in [0.25, 0.3) is 0 Å². The van der Waals surface area contributed by atoms with Gasteiger partial charge in [-0.15, -0.1) is 0 Å². The molecule has 248 valence electrons. The van der Waals surface area contributed by atoms with Gasteiger partial charge in [0.2, 0.25) is 0 Å². The number of benzene rings is 8. The van der Waals surface area contributed by atoms with E-state index in [0.29, 0.717) is 5.92 Å². The second kappa shape index (κ2) is 12.9. The third-order valence-electron chi connectivity index (χ3n) is 11.5. The van der Waals surface area contributed by atoms with Gasteiger partial charge in [0.05, 0.1) is 5.69 Å². The molecular formula is C51H39N. The first-order valence-electron chi connectivity index (χ1n) is 18.8. The minimum atomic E-state index is 0.650. The predicted octanol–water partition coefficient (Wildman–Crippen LogP) is 14.4. The fraction of sp³-hybridized carbons (Fsp3) is 0.118. The molecule has 1 nitrogen and oxygen atoms in total. The van der Waals surface area contributed by atoms with Crippen molar-refractivity contribution in [1.82, 2.24) is 4.98 Å². The van der Waals surface area contributed by atoms with Crippen molar-refractivity contribution in [3.63, 3.8) is 0 Å². The van der Waals surface area contributed by atoms with Crippen LogP contribution in [0.15, 0.2) is 170 Å². The molecule has 1 aromatic heterocycles. The standard InChI is InChI=1S/C51H39N/c1-2-15-34(16-3-1)39-30-31-47(42-23-7-6-22-41(39)42)50-45-26-10-8-24-43(45)49(44-25-9-11-27-46(44)50)37-20-12-19-36(33-37)40-29-14-32-52-51(40)48-28-13-18-35-17-4-5-21-38(35)48/h4-14,17-34H,1-3,15-16H2. The van der Waals surface area contributed by atoms with E-state index < -0.39 is 0 Å². The van der Waals surface area contributed by atoms with Gasteiger partial charge in [0.1, 0.15) is 0 Å². The Morgan fingerprint density at radius 1 is 0.385 bits per heavy atom. The van der Waals surface area contributed by atoms with Gasteiger partial charge in [0, 0.05) is 17.3 Å². The fourth-order valence-electron chi connectivity index (χ4n) is 9.17. The topological polar surface area (TPSA) is 12.9 Å². The Morgan fingerprint density at radius 3 is 1.71 bits per heavy atom. The summed E-state index contributed by atoms with van der Waals surface area (Å²) in [6.45, 7) is 0. The van der Waals surface area contributed by atoms with Crippen molar-refractivity contribution in [3.05, 3.63) is 176 Å². The molecule has 0 bridgehead atoms. The summed E-state index contributed by atoms with van der Waals surface area (Å²) in [6.07, 6.45) is 8.55. The van der Waals surface area contributed by atoms with Gasteiger partial charge < -0.3 is 0 Å². The average molecular weight is 666 g/mol. The first-order valence-corrected chi connectivity index (χ1v) is 18.8. The van der Waals surface area contributed by atoms with Crippen molar-refractivity contribution in [1.29, 1.82) is 0 Å². The number of fused-ring (bicyclic) bond motifs is 4. The van der Waals surface area contributed by atoms with Gasteiger partial charge in [-0.3, -0.25) is 4.98 Å². The SMILES string of the molecule is c1cc(-c2cccnc2-c2cccc3ccccc23)cc(-c2c3ccccc3c(-c3ccc(C4CCCCC4)c4ccccc34)c3ccccc23)c1. The van der Waals surface area contributed by atoms with E-state index in [1.807, 2.05) is 6.20 Å². The molecular weight excluding hydrogens is 627 g/mol. The third kappa shape index (κ3) is 5.11. The first kappa shape index (κ1) is 30.7. The highest BCUT2D eigenvalue weighted by molar-refractivity contribution is 6.23. The van der Waals surface area contributed by atoms with Gasteiger partial charge >= 0.3 is 0 Å². The number of pyridine rings is 1. The zero-order valence-corrected chi connectivity index (χ0v) is 29.2. The van der Waals surface area contributed by atoms with Gasteiger partial charge in [0.15, 0.2) is 0 Å². The van der Waals surface area contributed by atoms with Crippen LogP contribution in [-0.4, -0.2) is 4.98 Å². The summed E-state index contributed by atoms with van der Waals surface area (Å²) in [7, 11) is 0. The molecule has 0 amide bonds. The summed E-state index contributed by atoms with van der Waals surface area (Å²) >= 11 is 0. The van der Waals surface area contributed by atoms with Crippen molar-refractivity contribution >= 4 is 43.1 Å². The maximum absolute atomic E-state index is 4.98. The van der Waals surface area contributed by atoms with E-state index in [1.54, 1.807) is 0 Å². The molecule has 1 fully saturated rings. The van der Waals surface area contributed by atoms with Gasteiger partial charge in [-0.05, 0) is 107 Å². The molecule has 0 N–H and O–H groups in total. The van der Waals surface area contributed by atoms with E-state index in [-0.39, 0.29) is 0 Å². The number of hydrogen-bond acceptors (Lipinski definition) is 1. The van der Waals surface area contributed by atoms with E-state index in [4.69, 9.17) is 4.98 Å². The molecule has 0 aliphatic heterocycles. The van der Waals surface area contributed by atoms with Crippen molar-refractivity contribution in [2.45, 2.75) is 38.0 Å². The number of nitrogens with zero attached hydrogens (tertiary/aromatic N) is 1. The maximum Gasteiger partial charge on any atom is 0.0786 e. The van der Waals surface area contributed by atoms with Crippen LogP contribution in [0.3, 0.4) is 0 Å². The normalized spacial score (nSPS) is 13.7. The molecule has 10 rings (SSSR count). The van der Waals surface area contributed by atoms with Crippen LogP contribution in [0.5, 0.6) is 0 Å². The lowest BCUT2D eigenvalue weighted by molar-refractivity contribution is 0.445. The second-order valence-corrected chi connectivity index (χ2v) is 14.4. The maximum atomic E-state index is 4.98. The fourth-order valence-corrected chi connectivity index (χ4v) is 9.17. The zero-order valence-electron chi connectivity index (χ0n) is 29.2. The summed E-state index contributed by atoms with van der Waals surface area (Å²) < 4.78 is 0. The largest absolute Gasteiger partial charge is 0.256 e. The van der Waals surface area contributed by atoms with Crippen LogP contribution in [0.25, 0.3) is 87.7 Å². The van der Waals surface area contributed by atoms with E-state index in [1.165, 1.54) is 103 Å². The molecule has 1 heterocycles. The number of aromatic nitrogens is 1. The minimum absolute atomic E-state index is 0.650. The molecule has 0 unspecified atom stereocenters. The van der Waals surface area contributed by atoms with Crippen LogP contribution in [0.1, 0.15) is 43.6 Å².